The number of nitrogens with zero attached hydrogens (tertiary/aromatic N) is 1. The zero-order valence-corrected chi connectivity index (χ0v) is 19.9. The average Bonchev–Trinajstić information content (AvgIpc) is 3.29. The normalized spacial score (nSPS) is 17.1. The maximum atomic E-state index is 12.6. The molecule has 0 aromatic heterocycles. The largest absolute Gasteiger partial charge is 0.455 e. The summed E-state index contributed by atoms with van der Waals surface area (Å²) in [6, 6.07) is 6.45. The smallest absolute Gasteiger partial charge is 0.377 e. The number of nitrogens with two attached hydrogens (primary N) is 1. The van der Waals surface area contributed by atoms with Gasteiger partial charge in [-0.25, -0.2) is 4.79 Å². The van der Waals surface area contributed by atoms with Crippen LogP contribution in [0.3, 0.4) is 0 Å². The summed E-state index contributed by atoms with van der Waals surface area (Å²) in [4.78, 5) is 63.5. The van der Waals surface area contributed by atoms with Crippen molar-refractivity contribution in [3.05, 3.63) is 35.9 Å². The maximum Gasteiger partial charge on any atom is 0.377 e. The molecule has 1 aliphatic heterocycles. The quantitative estimate of drug-likeness (QED) is 0.308. The van der Waals surface area contributed by atoms with Gasteiger partial charge in [-0.3, -0.25) is 19.2 Å². The van der Waals surface area contributed by atoms with E-state index >= 15 is 0 Å². The minimum absolute atomic E-state index is 0.0158. The Hall–Kier alpha value is -3.27. The Morgan fingerprint density at radius 3 is 2.41 bits per heavy atom. The van der Waals surface area contributed by atoms with Crippen molar-refractivity contribution < 1.29 is 28.7 Å². The highest BCUT2D eigenvalue weighted by Gasteiger charge is 2.35. The molecule has 4 N–H and O–H groups in total. The van der Waals surface area contributed by atoms with Crippen molar-refractivity contribution >= 4 is 29.5 Å². The third kappa shape index (κ3) is 7.95. The number of ether oxygens (including phenoxy) is 1. The highest BCUT2D eigenvalue weighted by Crippen LogP contribution is 2.18. The highest BCUT2D eigenvalue weighted by molar-refractivity contribution is 6.36. The molecule has 0 radical (unpaired) electrons. The first-order chi connectivity index (χ1) is 16.1. The molecule has 0 unspecified atom stereocenters. The predicted molar refractivity (Wildman–Crippen MR) is 124 cm³/mol. The lowest BCUT2D eigenvalue weighted by atomic mass is 10.00. The Balaban J connectivity index is 1.90. The van der Waals surface area contributed by atoms with Gasteiger partial charge in [-0.15, -0.1) is 0 Å². The van der Waals surface area contributed by atoms with Gasteiger partial charge in [-0.1, -0.05) is 44.2 Å². The lowest BCUT2D eigenvalue weighted by molar-refractivity contribution is -0.156. The van der Waals surface area contributed by atoms with Crippen molar-refractivity contribution in [1.82, 2.24) is 15.5 Å². The minimum atomic E-state index is -1.07. The van der Waals surface area contributed by atoms with Gasteiger partial charge in [0.1, 0.15) is 12.6 Å². The van der Waals surface area contributed by atoms with Crippen LogP contribution in [-0.2, 0) is 35.3 Å². The van der Waals surface area contributed by atoms with Crippen LogP contribution >= 0.6 is 0 Å². The number of rotatable bonds is 11. The van der Waals surface area contributed by atoms with Crippen LogP contribution in [0.15, 0.2) is 30.3 Å². The number of benzene rings is 1. The number of likely N-dealkylation sites (tertiary alicyclic amines) is 1. The van der Waals surface area contributed by atoms with E-state index in [1.54, 1.807) is 31.2 Å². The SMILES string of the molecule is CC(C)C[C@H](NC(=O)CNC(=O)[C@@H]1CCCN1C(=O)[C@H](C)N)C(=O)C(=O)OCc1ccccc1. The van der Waals surface area contributed by atoms with Gasteiger partial charge < -0.3 is 26.0 Å². The second kappa shape index (κ2) is 12.8. The molecule has 3 amide bonds. The number of esters is 1. The van der Waals surface area contributed by atoms with Crippen LogP contribution in [0.2, 0.25) is 0 Å². The molecule has 1 heterocycles. The molecule has 10 nitrogen and oxygen atoms in total. The summed E-state index contributed by atoms with van der Waals surface area (Å²) >= 11 is 0. The van der Waals surface area contributed by atoms with Crippen LogP contribution in [0.1, 0.15) is 45.6 Å². The number of carbonyl (C=O) groups is 5. The van der Waals surface area contributed by atoms with E-state index in [-0.39, 0.29) is 24.9 Å². The van der Waals surface area contributed by atoms with Crippen LogP contribution in [0.5, 0.6) is 0 Å². The monoisotopic (exact) mass is 474 g/mol. The van der Waals surface area contributed by atoms with E-state index in [1.807, 2.05) is 19.9 Å². The highest BCUT2D eigenvalue weighted by atomic mass is 16.5. The van der Waals surface area contributed by atoms with Crippen LogP contribution in [0, 0.1) is 5.92 Å². The summed E-state index contributed by atoms with van der Waals surface area (Å²) < 4.78 is 5.10. The van der Waals surface area contributed by atoms with Gasteiger partial charge >= 0.3 is 5.97 Å². The first-order valence-corrected chi connectivity index (χ1v) is 11.5. The Kier molecular flexibility index (Phi) is 10.2. The molecule has 1 aliphatic rings. The third-order valence-electron chi connectivity index (χ3n) is 5.42. The van der Waals surface area contributed by atoms with E-state index in [0.717, 1.165) is 5.56 Å². The summed E-state index contributed by atoms with van der Waals surface area (Å²) in [6.07, 6.45) is 1.38. The van der Waals surface area contributed by atoms with Gasteiger partial charge in [0.05, 0.1) is 18.6 Å². The fraction of sp³-hybridized carbons (Fsp3) is 0.542. The molecule has 2 rings (SSSR count). The molecule has 3 atom stereocenters. The molecule has 0 spiro atoms. The van der Waals surface area contributed by atoms with Crippen molar-refractivity contribution in [3.63, 3.8) is 0 Å². The molecular weight excluding hydrogens is 440 g/mol. The second-order valence-corrected chi connectivity index (χ2v) is 8.87. The van der Waals surface area contributed by atoms with Crippen molar-refractivity contribution in [2.24, 2.45) is 11.7 Å². The topological polar surface area (TPSA) is 148 Å². The predicted octanol–water partition coefficient (Wildman–Crippen LogP) is 0.284. The first-order valence-electron chi connectivity index (χ1n) is 11.5. The number of hydrogen-bond acceptors (Lipinski definition) is 7. The number of hydrogen-bond donors (Lipinski definition) is 3. The number of ketones is 1. The number of amides is 3. The van der Waals surface area contributed by atoms with E-state index < -0.39 is 48.2 Å². The summed E-state index contributed by atoms with van der Waals surface area (Å²) in [7, 11) is 0. The standard InChI is InChI=1S/C24H34N4O6/c1-15(2)12-18(21(30)24(33)34-14-17-8-5-4-6-9-17)27-20(29)13-26-22(31)19-10-7-11-28(19)23(32)16(3)25/h4-6,8-9,15-16,18-19H,7,10-14,25H2,1-3H3,(H,26,31)(H,27,29)/t16-,18-,19-/m0/s1. The molecule has 0 saturated carbocycles. The maximum absolute atomic E-state index is 12.6. The molecule has 34 heavy (non-hydrogen) atoms. The van der Waals surface area contributed by atoms with Crippen LogP contribution in [0.25, 0.3) is 0 Å². The Labute approximate surface area is 199 Å². The lowest BCUT2D eigenvalue weighted by Gasteiger charge is -2.25. The van der Waals surface area contributed by atoms with E-state index in [2.05, 4.69) is 10.6 Å². The zero-order valence-electron chi connectivity index (χ0n) is 19.9. The molecule has 0 aliphatic carbocycles. The van der Waals surface area contributed by atoms with E-state index in [4.69, 9.17) is 10.5 Å². The Morgan fingerprint density at radius 2 is 1.79 bits per heavy atom. The van der Waals surface area contributed by atoms with Crippen LogP contribution < -0.4 is 16.4 Å². The third-order valence-corrected chi connectivity index (χ3v) is 5.42. The second-order valence-electron chi connectivity index (χ2n) is 8.87. The molecule has 1 saturated heterocycles. The zero-order chi connectivity index (χ0) is 25.3. The van der Waals surface area contributed by atoms with Gasteiger partial charge in [0.25, 0.3) is 5.78 Å². The molecule has 10 heteroatoms. The molecule has 0 bridgehead atoms. The van der Waals surface area contributed by atoms with Gasteiger partial charge in [-0.05, 0) is 37.7 Å². The molecule has 186 valence electrons. The molecule has 1 aromatic rings. The van der Waals surface area contributed by atoms with E-state index in [9.17, 15) is 24.0 Å². The van der Waals surface area contributed by atoms with E-state index in [1.165, 1.54) is 4.90 Å². The molecule has 1 aromatic carbocycles. The lowest BCUT2D eigenvalue weighted by Crippen LogP contribution is -2.53. The Morgan fingerprint density at radius 1 is 1.12 bits per heavy atom. The van der Waals surface area contributed by atoms with Crippen molar-refractivity contribution in [1.29, 1.82) is 0 Å². The minimum Gasteiger partial charge on any atom is -0.455 e. The van der Waals surface area contributed by atoms with Crippen LogP contribution in [-0.4, -0.2) is 65.6 Å². The number of nitrogens with one attached hydrogen (secondary N) is 2. The molecule has 1 fully saturated rings. The first kappa shape index (κ1) is 27.0. The summed E-state index contributed by atoms with van der Waals surface area (Å²) in [5, 5.41) is 5.03. The summed E-state index contributed by atoms with van der Waals surface area (Å²) in [5.41, 5.74) is 6.38. The summed E-state index contributed by atoms with van der Waals surface area (Å²) in [6.45, 7) is 5.25. The fourth-order valence-electron chi connectivity index (χ4n) is 3.73. The van der Waals surface area contributed by atoms with Crippen LogP contribution in [0.4, 0.5) is 0 Å². The van der Waals surface area contributed by atoms with E-state index in [0.29, 0.717) is 19.4 Å². The van der Waals surface area contributed by atoms with Gasteiger partial charge in [0.15, 0.2) is 0 Å². The number of carbonyl (C=O) groups excluding carboxylic acids is 5. The summed E-state index contributed by atoms with van der Waals surface area (Å²) in [5.74, 6) is -3.27. The number of Topliss-reactive ketones (excluding diaryl/α,β-unsaturated/α-hetero) is 1. The fourth-order valence-corrected chi connectivity index (χ4v) is 3.73. The van der Waals surface area contributed by atoms with Gasteiger partial charge in [-0.2, -0.15) is 0 Å². The van der Waals surface area contributed by atoms with Crippen molar-refractivity contribution in [3.8, 4) is 0 Å². The van der Waals surface area contributed by atoms with Gasteiger partial charge in [0.2, 0.25) is 17.7 Å². The van der Waals surface area contributed by atoms with Crippen molar-refractivity contribution in [2.45, 2.75) is 64.8 Å². The Bertz CT molecular complexity index is 887. The van der Waals surface area contributed by atoms with Crippen molar-refractivity contribution in [2.75, 3.05) is 13.1 Å². The average molecular weight is 475 g/mol. The molecular formula is C24H34N4O6. The van der Waals surface area contributed by atoms with Gasteiger partial charge in [0, 0.05) is 6.54 Å².